The molecule has 0 amide bonds. The molecule has 2 heterocycles. The minimum absolute atomic E-state index is 0.657. The van der Waals surface area contributed by atoms with Crippen molar-refractivity contribution in [3.8, 4) is 0 Å². The van der Waals surface area contributed by atoms with Crippen molar-refractivity contribution in [3.63, 3.8) is 0 Å². The van der Waals surface area contributed by atoms with Crippen LogP contribution in [0, 0.1) is 0 Å². The van der Waals surface area contributed by atoms with Gasteiger partial charge in [-0.15, -0.1) is 0 Å². The first kappa shape index (κ1) is 25.0. The van der Waals surface area contributed by atoms with Gasteiger partial charge in [0, 0.05) is 35.5 Å². The zero-order valence-corrected chi connectivity index (χ0v) is 20.5. The predicted molar refractivity (Wildman–Crippen MR) is 133 cm³/mol. The molecule has 176 valence electrons. The molecule has 0 N–H and O–H groups in total. The molecule has 2 aliphatic heterocycles. The van der Waals surface area contributed by atoms with Gasteiger partial charge in [0.05, 0.1) is 0 Å². The molecule has 2 aromatic carbocycles. The summed E-state index contributed by atoms with van der Waals surface area (Å²) in [6, 6.07) is 9.43. The first-order valence-electron chi connectivity index (χ1n) is 10.2. The van der Waals surface area contributed by atoms with Crippen LogP contribution in [0.25, 0.3) is 0 Å². The van der Waals surface area contributed by atoms with Crippen molar-refractivity contribution in [3.05, 3.63) is 70.8 Å². The topological polar surface area (TPSA) is 0 Å². The minimum Gasteiger partial charge on any atom is -0.169 e. The molecule has 0 saturated heterocycles. The Labute approximate surface area is 204 Å². The van der Waals surface area contributed by atoms with Crippen LogP contribution in [0.15, 0.2) is 48.5 Å². The summed E-state index contributed by atoms with van der Waals surface area (Å²) in [6.07, 6.45) is -9.10. The molecule has 4 rings (SSSR count). The van der Waals surface area contributed by atoms with E-state index in [1.54, 1.807) is 46.2 Å². The number of hydrogen-bond donors (Lipinski definition) is 0. The maximum Gasteiger partial charge on any atom is 0.411 e. The van der Waals surface area contributed by atoms with Crippen LogP contribution in [0.5, 0.6) is 0 Å². The lowest BCUT2D eigenvalue weighted by molar-refractivity contribution is -0.288. The molecule has 0 atom stereocenters. The predicted octanol–water partition coefficient (Wildman–Crippen LogP) is 6.49. The zero-order valence-electron chi connectivity index (χ0n) is 17.3. The fourth-order valence-electron chi connectivity index (χ4n) is 3.89. The van der Waals surface area contributed by atoms with Gasteiger partial charge in [0.1, 0.15) is 0 Å². The molecule has 10 heteroatoms. The molecule has 2 aromatic rings. The third kappa shape index (κ3) is 4.86. The number of hydrogen-bond acceptors (Lipinski definition) is 2. The van der Waals surface area contributed by atoms with E-state index in [9.17, 15) is 26.3 Å². The Kier molecular flexibility index (Phi) is 7.48. The smallest absolute Gasteiger partial charge is 0.169 e. The zero-order chi connectivity index (χ0) is 23.7. The Bertz CT molecular complexity index is 951. The average Bonchev–Trinajstić information content (AvgIpc) is 2.80. The highest BCUT2D eigenvalue weighted by atomic mass is 32.2. The van der Waals surface area contributed by atoms with Crippen molar-refractivity contribution in [2.45, 2.75) is 30.6 Å². The van der Waals surface area contributed by atoms with E-state index in [4.69, 9.17) is 0 Å². The fraction of sp³-hybridized carbons (Fsp3) is 0.391. The van der Waals surface area contributed by atoms with Crippen LogP contribution in [0.1, 0.15) is 35.1 Å². The number of alkyl halides is 6. The highest BCUT2D eigenvalue weighted by Gasteiger charge is 2.72. The summed E-state index contributed by atoms with van der Waals surface area (Å²) in [7, 11) is 0. The summed E-state index contributed by atoms with van der Waals surface area (Å²) in [4.78, 5) is 0. The van der Waals surface area contributed by atoms with Gasteiger partial charge in [-0.1, -0.05) is 47.8 Å². The van der Waals surface area contributed by atoms with Gasteiger partial charge in [-0.3, -0.25) is 0 Å². The first-order valence-corrected chi connectivity index (χ1v) is 14.2. The lowest BCUT2D eigenvalue weighted by atomic mass is 9.72. The highest BCUT2D eigenvalue weighted by molar-refractivity contribution is 8.23. The SMILES string of the molecule is FC(F)(F)C(c1ccc(C2=[S+]CCCS2)cc1)(c1ccc(C2=[S+]CCCS2)cc1)C(F)(F)F. The molecule has 0 fully saturated rings. The Morgan fingerprint density at radius 2 is 0.939 bits per heavy atom. The van der Waals surface area contributed by atoms with Gasteiger partial charge in [-0.25, -0.2) is 0 Å². The van der Waals surface area contributed by atoms with Crippen molar-refractivity contribution in [2.75, 3.05) is 23.0 Å². The van der Waals surface area contributed by atoms with Crippen LogP contribution in [0.4, 0.5) is 26.3 Å². The van der Waals surface area contributed by atoms with Gasteiger partial charge in [-0.2, -0.15) is 26.3 Å². The van der Waals surface area contributed by atoms with E-state index in [-0.39, 0.29) is 0 Å². The Morgan fingerprint density at radius 1 is 0.576 bits per heavy atom. The summed E-state index contributed by atoms with van der Waals surface area (Å²) in [5.41, 5.74) is -4.43. The van der Waals surface area contributed by atoms with Crippen LogP contribution >= 0.6 is 23.5 Å². The van der Waals surface area contributed by atoms with E-state index < -0.39 is 28.9 Å². The lowest BCUT2D eigenvalue weighted by Gasteiger charge is -2.38. The van der Waals surface area contributed by atoms with Gasteiger partial charge in [0.25, 0.3) is 8.39 Å². The normalized spacial score (nSPS) is 18.0. The largest absolute Gasteiger partial charge is 0.411 e. The van der Waals surface area contributed by atoms with Gasteiger partial charge in [0.15, 0.2) is 34.2 Å². The van der Waals surface area contributed by atoms with Crippen LogP contribution in [-0.4, -0.2) is 43.8 Å². The summed E-state index contributed by atoms with van der Waals surface area (Å²) < 4.78 is 88.3. The minimum atomic E-state index is -5.57. The molecule has 0 saturated carbocycles. The quantitative estimate of drug-likeness (QED) is 0.248. The standard InChI is InChI=1S/C23H20F6S4/c24-22(25,26)21(23(27,28)29,17-7-3-15(4-8-17)19-30-11-1-12-31-19)18-9-5-16(6-10-18)20-32-13-2-14-33-20/h3-10H,1-2,11-14H2/q+2. The van der Waals surface area contributed by atoms with Crippen LogP contribution in [0.2, 0.25) is 0 Å². The molecule has 2 aliphatic rings. The second kappa shape index (κ2) is 9.87. The summed E-state index contributed by atoms with van der Waals surface area (Å²) in [5, 5.41) is 0. The lowest BCUT2D eigenvalue weighted by Crippen LogP contribution is -2.54. The molecule has 33 heavy (non-hydrogen) atoms. The van der Waals surface area contributed by atoms with Gasteiger partial charge in [-0.05, 0) is 35.4 Å². The van der Waals surface area contributed by atoms with E-state index in [2.05, 4.69) is 0 Å². The monoisotopic (exact) mass is 538 g/mol. The number of benzene rings is 2. The molecule has 0 spiro atoms. The molecule has 0 nitrogen and oxygen atoms in total. The van der Waals surface area contributed by atoms with E-state index in [1.807, 2.05) is 0 Å². The summed E-state index contributed by atoms with van der Waals surface area (Å²) >= 11 is 6.32. The Morgan fingerprint density at radius 3 is 1.21 bits per heavy atom. The maximum atomic E-state index is 14.4. The van der Waals surface area contributed by atoms with E-state index in [0.717, 1.165) is 68.5 Å². The van der Waals surface area contributed by atoms with Crippen LogP contribution in [-0.2, 0) is 28.1 Å². The molecule has 0 aliphatic carbocycles. The van der Waals surface area contributed by atoms with E-state index in [1.165, 1.54) is 24.3 Å². The maximum absolute atomic E-state index is 14.4. The first-order chi connectivity index (χ1) is 15.6. The molecular weight excluding hydrogens is 519 g/mol. The Balaban J connectivity index is 1.81. The number of thioether (sulfide) groups is 2. The highest BCUT2D eigenvalue weighted by Crippen LogP contribution is 2.56. The second-order valence-corrected chi connectivity index (χ2v) is 12.5. The van der Waals surface area contributed by atoms with Crippen molar-refractivity contribution in [1.82, 2.24) is 0 Å². The van der Waals surface area contributed by atoms with Crippen LogP contribution < -0.4 is 0 Å². The molecule has 0 bridgehead atoms. The van der Waals surface area contributed by atoms with Gasteiger partial charge in [0.2, 0.25) is 5.41 Å². The third-order valence-electron chi connectivity index (χ3n) is 5.47. The Hall–Kier alpha value is -1.10. The van der Waals surface area contributed by atoms with Gasteiger partial charge < -0.3 is 0 Å². The van der Waals surface area contributed by atoms with Crippen molar-refractivity contribution in [2.24, 2.45) is 0 Å². The molecule has 0 unspecified atom stereocenters. The number of halogens is 6. The molecule has 0 radical (unpaired) electrons. The number of rotatable bonds is 4. The van der Waals surface area contributed by atoms with Crippen LogP contribution in [0.3, 0.4) is 0 Å². The van der Waals surface area contributed by atoms with Gasteiger partial charge >= 0.3 is 12.4 Å². The summed E-state index contributed by atoms with van der Waals surface area (Å²) in [6.45, 7) is 0. The summed E-state index contributed by atoms with van der Waals surface area (Å²) in [5.74, 6) is 3.56. The van der Waals surface area contributed by atoms with Crippen molar-refractivity contribution >= 4 is 54.6 Å². The van der Waals surface area contributed by atoms with E-state index in [0.29, 0.717) is 11.1 Å². The van der Waals surface area contributed by atoms with E-state index >= 15 is 0 Å². The third-order valence-corrected chi connectivity index (χ3v) is 10.8. The molecular formula is C23H20F6S4+2. The van der Waals surface area contributed by atoms with Crippen molar-refractivity contribution < 1.29 is 26.3 Å². The van der Waals surface area contributed by atoms with Crippen molar-refractivity contribution in [1.29, 1.82) is 0 Å². The molecule has 0 aromatic heterocycles. The second-order valence-electron chi connectivity index (χ2n) is 7.58. The average molecular weight is 539 g/mol. The fourth-order valence-corrected chi connectivity index (χ4v) is 9.03.